The van der Waals surface area contributed by atoms with E-state index in [0.717, 1.165) is 64.5 Å². The Kier molecular flexibility index (Phi) is 12.0. The lowest BCUT2D eigenvalue weighted by atomic mass is 10.1. The summed E-state index contributed by atoms with van der Waals surface area (Å²) in [5.74, 6) is -2.61. The maximum absolute atomic E-state index is 13.3. The molecule has 2 heterocycles. The SMILES string of the molecule is Cc1ccc(C(=O)N(CCC(=O)N2CCNCC2)CCN2CCN(c3ccccc3)CC2)cc1.O=C(O)C(F)(F)F. The number of alkyl halides is 3. The van der Waals surface area contributed by atoms with E-state index in [2.05, 4.69) is 39.4 Å². The molecule has 2 N–H and O–H groups in total. The van der Waals surface area contributed by atoms with Crippen LogP contribution in [0.15, 0.2) is 54.6 Å². The molecular formula is C29H38F3N5O4. The van der Waals surface area contributed by atoms with Crippen LogP contribution in [0.5, 0.6) is 0 Å². The van der Waals surface area contributed by atoms with Gasteiger partial charge in [-0.3, -0.25) is 14.5 Å². The first kappa shape index (κ1) is 31.9. The number of hydrogen-bond acceptors (Lipinski definition) is 6. The molecule has 0 unspecified atom stereocenters. The minimum absolute atomic E-state index is 0.0102. The molecule has 0 spiro atoms. The lowest BCUT2D eigenvalue weighted by Crippen LogP contribution is -2.50. The second-order valence-electron chi connectivity index (χ2n) is 10.0. The van der Waals surface area contributed by atoms with Crippen LogP contribution in [-0.4, -0.2) is 116 Å². The highest BCUT2D eigenvalue weighted by atomic mass is 19.4. The van der Waals surface area contributed by atoms with Crippen molar-refractivity contribution in [2.75, 3.05) is 76.9 Å². The van der Waals surface area contributed by atoms with E-state index in [1.807, 2.05) is 47.1 Å². The Bertz CT molecular complexity index is 1120. The first-order chi connectivity index (χ1) is 19.5. The Morgan fingerprint density at radius 3 is 2.02 bits per heavy atom. The molecular weight excluding hydrogens is 539 g/mol. The number of anilines is 1. The zero-order valence-electron chi connectivity index (χ0n) is 23.3. The van der Waals surface area contributed by atoms with Crippen LogP contribution in [-0.2, 0) is 9.59 Å². The summed E-state index contributed by atoms with van der Waals surface area (Å²) >= 11 is 0. The topological polar surface area (TPSA) is 96.4 Å². The average molecular weight is 578 g/mol. The summed E-state index contributed by atoms with van der Waals surface area (Å²) in [5.41, 5.74) is 3.09. The normalized spacial score (nSPS) is 16.0. The Morgan fingerprint density at radius 2 is 1.46 bits per heavy atom. The van der Waals surface area contributed by atoms with Gasteiger partial charge in [0, 0.05) is 89.7 Å². The molecule has 2 saturated heterocycles. The van der Waals surface area contributed by atoms with E-state index in [1.54, 1.807) is 0 Å². The molecule has 2 aromatic rings. The predicted octanol–water partition coefficient (Wildman–Crippen LogP) is 2.71. The molecule has 4 rings (SSSR count). The van der Waals surface area contributed by atoms with Gasteiger partial charge in [-0.1, -0.05) is 35.9 Å². The Balaban J connectivity index is 0.000000587. The number of para-hydroxylation sites is 1. The van der Waals surface area contributed by atoms with Crippen LogP contribution >= 0.6 is 0 Å². The third kappa shape index (κ3) is 10.4. The maximum Gasteiger partial charge on any atom is 0.490 e. The molecule has 2 fully saturated rings. The van der Waals surface area contributed by atoms with E-state index < -0.39 is 12.1 Å². The van der Waals surface area contributed by atoms with Crippen LogP contribution < -0.4 is 10.2 Å². The van der Waals surface area contributed by atoms with Gasteiger partial charge >= 0.3 is 12.1 Å². The number of carboxylic acid groups (broad SMARTS) is 1. The molecule has 9 nitrogen and oxygen atoms in total. The first-order valence-electron chi connectivity index (χ1n) is 13.7. The number of benzene rings is 2. The molecule has 0 aliphatic carbocycles. The monoisotopic (exact) mass is 577 g/mol. The standard InChI is InChI=1S/C27H37N5O2.C2HF3O2/c1-23-7-9-24(10-8-23)27(34)32(14-11-26(33)31-15-12-28-13-16-31)22-19-29-17-20-30(21-18-29)25-5-3-2-4-6-25;3-2(4,5)1(6)7/h2-10,28H,11-22H2,1H3;(H,6,7). The summed E-state index contributed by atoms with van der Waals surface area (Å²) in [6.45, 7) is 11.0. The Hall–Kier alpha value is -3.64. The van der Waals surface area contributed by atoms with E-state index in [4.69, 9.17) is 9.90 Å². The second kappa shape index (κ2) is 15.4. The van der Waals surface area contributed by atoms with Crippen molar-refractivity contribution in [3.05, 3.63) is 65.7 Å². The van der Waals surface area contributed by atoms with E-state index in [-0.39, 0.29) is 11.8 Å². The van der Waals surface area contributed by atoms with Crippen molar-refractivity contribution in [3.8, 4) is 0 Å². The van der Waals surface area contributed by atoms with Crippen LogP contribution in [0.4, 0.5) is 18.9 Å². The predicted molar refractivity (Wildman–Crippen MR) is 150 cm³/mol. The number of halogens is 3. The molecule has 2 aromatic carbocycles. The second-order valence-corrected chi connectivity index (χ2v) is 10.0. The van der Waals surface area contributed by atoms with Gasteiger partial charge in [0.15, 0.2) is 0 Å². The molecule has 2 aliphatic rings. The number of hydrogen-bond donors (Lipinski definition) is 2. The Morgan fingerprint density at radius 1 is 0.878 bits per heavy atom. The number of nitrogens with zero attached hydrogens (tertiary/aromatic N) is 4. The smallest absolute Gasteiger partial charge is 0.475 e. The van der Waals surface area contributed by atoms with Crippen LogP contribution in [0.3, 0.4) is 0 Å². The van der Waals surface area contributed by atoms with E-state index in [9.17, 15) is 22.8 Å². The fraction of sp³-hybridized carbons (Fsp3) is 0.483. The van der Waals surface area contributed by atoms with Crippen molar-refractivity contribution in [1.29, 1.82) is 0 Å². The summed E-state index contributed by atoms with van der Waals surface area (Å²) in [6, 6.07) is 18.3. The molecule has 0 bridgehead atoms. The number of carbonyl (C=O) groups is 3. The highest BCUT2D eigenvalue weighted by Gasteiger charge is 2.38. The fourth-order valence-corrected chi connectivity index (χ4v) is 4.63. The zero-order chi connectivity index (χ0) is 29.8. The molecule has 0 saturated carbocycles. The number of aliphatic carboxylic acids is 1. The van der Waals surface area contributed by atoms with Gasteiger partial charge in [-0.15, -0.1) is 0 Å². The molecule has 2 amide bonds. The zero-order valence-corrected chi connectivity index (χ0v) is 23.3. The van der Waals surface area contributed by atoms with Crippen LogP contribution in [0.25, 0.3) is 0 Å². The molecule has 0 radical (unpaired) electrons. The lowest BCUT2D eigenvalue weighted by Gasteiger charge is -2.37. The number of carboxylic acids is 1. The summed E-state index contributed by atoms with van der Waals surface area (Å²) in [5, 5.41) is 10.4. The molecule has 12 heteroatoms. The number of amides is 2. The summed E-state index contributed by atoms with van der Waals surface area (Å²) < 4.78 is 31.7. The van der Waals surface area contributed by atoms with Crippen molar-refractivity contribution in [1.82, 2.24) is 20.0 Å². The van der Waals surface area contributed by atoms with E-state index in [1.165, 1.54) is 5.69 Å². The van der Waals surface area contributed by atoms with Gasteiger partial charge in [-0.05, 0) is 31.2 Å². The van der Waals surface area contributed by atoms with Gasteiger partial charge in [0.25, 0.3) is 5.91 Å². The number of aryl methyl sites for hydroxylation is 1. The maximum atomic E-state index is 13.3. The molecule has 0 aromatic heterocycles. The van der Waals surface area contributed by atoms with Gasteiger partial charge in [0.1, 0.15) is 0 Å². The van der Waals surface area contributed by atoms with Crippen LogP contribution in [0.2, 0.25) is 0 Å². The lowest BCUT2D eigenvalue weighted by molar-refractivity contribution is -0.192. The van der Waals surface area contributed by atoms with Gasteiger partial charge in [-0.2, -0.15) is 13.2 Å². The molecule has 224 valence electrons. The van der Waals surface area contributed by atoms with E-state index >= 15 is 0 Å². The summed E-state index contributed by atoms with van der Waals surface area (Å²) in [4.78, 5) is 43.6. The van der Waals surface area contributed by atoms with Crippen molar-refractivity contribution in [2.24, 2.45) is 0 Å². The summed E-state index contributed by atoms with van der Waals surface area (Å²) in [6.07, 6.45) is -4.71. The third-order valence-electron chi connectivity index (χ3n) is 7.07. The van der Waals surface area contributed by atoms with Crippen molar-refractivity contribution in [2.45, 2.75) is 19.5 Å². The van der Waals surface area contributed by atoms with Crippen molar-refractivity contribution >= 4 is 23.5 Å². The van der Waals surface area contributed by atoms with Crippen molar-refractivity contribution < 1.29 is 32.7 Å². The minimum atomic E-state index is -5.08. The summed E-state index contributed by atoms with van der Waals surface area (Å²) in [7, 11) is 0. The highest BCUT2D eigenvalue weighted by Crippen LogP contribution is 2.16. The van der Waals surface area contributed by atoms with Crippen LogP contribution in [0.1, 0.15) is 22.3 Å². The first-order valence-corrected chi connectivity index (χ1v) is 13.7. The molecule has 0 atom stereocenters. The Labute approximate surface area is 238 Å². The average Bonchev–Trinajstić information content (AvgIpc) is 2.98. The largest absolute Gasteiger partial charge is 0.490 e. The van der Waals surface area contributed by atoms with Gasteiger partial charge in [0.2, 0.25) is 5.91 Å². The van der Waals surface area contributed by atoms with Gasteiger partial charge < -0.3 is 25.1 Å². The fourth-order valence-electron chi connectivity index (χ4n) is 4.63. The van der Waals surface area contributed by atoms with Crippen molar-refractivity contribution in [3.63, 3.8) is 0 Å². The molecule has 2 aliphatic heterocycles. The number of piperazine rings is 2. The third-order valence-corrected chi connectivity index (χ3v) is 7.07. The van der Waals surface area contributed by atoms with Crippen LogP contribution in [0, 0.1) is 6.92 Å². The number of carbonyl (C=O) groups excluding carboxylic acids is 2. The van der Waals surface area contributed by atoms with Gasteiger partial charge in [0.05, 0.1) is 0 Å². The van der Waals surface area contributed by atoms with Gasteiger partial charge in [-0.25, -0.2) is 4.79 Å². The minimum Gasteiger partial charge on any atom is -0.475 e. The molecule has 41 heavy (non-hydrogen) atoms. The quantitative estimate of drug-likeness (QED) is 0.498. The van der Waals surface area contributed by atoms with E-state index in [0.29, 0.717) is 25.1 Å². The highest BCUT2D eigenvalue weighted by molar-refractivity contribution is 5.94. The number of rotatable bonds is 8. The number of nitrogens with one attached hydrogen (secondary N) is 1.